The molecule has 0 unspecified atom stereocenters. The smallest absolute Gasteiger partial charge is 0.139 e. The monoisotopic (exact) mass is 538 g/mol. The van der Waals surface area contributed by atoms with Crippen molar-refractivity contribution in [3.8, 4) is 22.5 Å². The molecule has 0 aliphatic heterocycles. The van der Waals surface area contributed by atoms with Crippen LogP contribution in [0.2, 0.25) is 0 Å². The molecule has 0 aliphatic carbocycles. The molecule has 6 rings (SSSR count). The second-order valence-corrected chi connectivity index (χ2v) is 9.58. The predicted octanol–water partition coefficient (Wildman–Crippen LogP) is 7.38. The zero-order valence-electron chi connectivity index (χ0n) is 22.6. The number of rotatable bonds is 8. The lowest BCUT2D eigenvalue weighted by atomic mass is 10.1. The number of pyridine rings is 2. The summed E-state index contributed by atoms with van der Waals surface area (Å²) in [6.45, 7) is 4.01. The van der Waals surface area contributed by atoms with Gasteiger partial charge < -0.3 is 19.4 Å². The van der Waals surface area contributed by atoms with Gasteiger partial charge in [-0.2, -0.15) is 0 Å². The van der Waals surface area contributed by atoms with E-state index in [9.17, 15) is 8.78 Å². The molecule has 2 aromatic carbocycles. The molecule has 4 heterocycles. The van der Waals surface area contributed by atoms with Crippen LogP contribution in [0.3, 0.4) is 0 Å². The Hall–Kier alpha value is -4.72. The number of nitrogens with one attached hydrogen (secondary N) is 2. The minimum Gasteiger partial charge on any atom is -0.382 e. The Morgan fingerprint density at radius 1 is 0.625 bits per heavy atom. The molecule has 0 atom stereocenters. The van der Waals surface area contributed by atoms with E-state index >= 15 is 0 Å². The quantitative estimate of drug-likeness (QED) is 0.212. The molecule has 6 nitrogen and oxygen atoms in total. The molecule has 8 heteroatoms. The van der Waals surface area contributed by atoms with E-state index in [-0.39, 0.29) is 13.3 Å². The van der Waals surface area contributed by atoms with Gasteiger partial charge in [0.1, 0.15) is 24.6 Å². The number of aromatic nitrogens is 4. The lowest BCUT2D eigenvalue weighted by Gasteiger charge is -2.03. The van der Waals surface area contributed by atoms with Gasteiger partial charge in [-0.3, -0.25) is 0 Å². The Balaban J connectivity index is 0.000000161. The lowest BCUT2D eigenvalue weighted by Crippen LogP contribution is -2.02. The fourth-order valence-electron chi connectivity index (χ4n) is 4.37. The number of hydrogen-bond acceptors (Lipinski definition) is 4. The number of nitrogens with zero attached hydrogens (tertiary/aromatic N) is 4. The van der Waals surface area contributed by atoms with Crippen LogP contribution in [0.4, 0.5) is 20.2 Å². The first kappa shape index (κ1) is 26.9. The van der Waals surface area contributed by atoms with Crippen LogP contribution in [0, 0.1) is 13.8 Å². The minimum atomic E-state index is -0.381. The molecule has 0 saturated heterocycles. The van der Waals surface area contributed by atoms with Gasteiger partial charge in [0.2, 0.25) is 0 Å². The number of imidazole rings is 2. The number of aryl methyl sites for hydroxylation is 2. The summed E-state index contributed by atoms with van der Waals surface area (Å²) in [5, 5.41) is 6.03. The van der Waals surface area contributed by atoms with Crippen molar-refractivity contribution in [1.82, 2.24) is 18.8 Å². The first-order chi connectivity index (χ1) is 19.5. The molecular formula is C32H32F2N6. The van der Waals surface area contributed by atoms with Gasteiger partial charge in [0.25, 0.3) is 0 Å². The van der Waals surface area contributed by atoms with Crippen LogP contribution >= 0.6 is 0 Å². The van der Waals surface area contributed by atoms with Crippen LogP contribution in [0.15, 0.2) is 97.6 Å². The lowest BCUT2D eigenvalue weighted by molar-refractivity contribution is 0.512. The summed E-state index contributed by atoms with van der Waals surface area (Å²) in [6, 6.07) is 24.2. The molecule has 204 valence electrons. The van der Waals surface area contributed by atoms with Crippen molar-refractivity contribution in [2.45, 2.75) is 13.8 Å². The number of anilines is 2. The summed E-state index contributed by atoms with van der Waals surface area (Å²) in [5.41, 5.74) is 10.00. The molecular weight excluding hydrogens is 506 g/mol. The molecule has 0 radical (unpaired) electrons. The van der Waals surface area contributed by atoms with Crippen LogP contribution in [-0.4, -0.2) is 45.2 Å². The van der Waals surface area contributed by atoms with Gasteiger partial charge in [0.15, 0.2) is 0 Å². The maximum absolute atomic E-state index is 12.2. The van der Waals surface area contributed by atoms with E-state index in [1.54, 1.807) is 0 Å². The molecule has 2 N–H and O–H groups in total. The zero-order valence-corrected chi connectivity index (χ0v) is 22.6. The Bertz CT molecular complexity index is 1700. The first-order valence-corrected chi connectivity index (χ1v) is 13.2. The van der Waals surface area contributed by atoms with Gasteiger partial charge in [0, 0.05) is 72.5 Å². The molecule has 0 aliphatic rings. The molecule has 0 bridgehead atoms. The van der Waals surface area contributed by atoms with Crippen molar-refractivity contribution in [3.63, 3.8) is 0 Å². The van der Waals surface area contributed by atoms with Crippen molar-refractivity contribution in [2.75, 3.05) is 37.1 Å². The van der Waals surface area contributed by atoms with Crippen LogP contribution < -0.4 is 10.6 Å². The molecule has 0 saturated carbocycles. The standard InChI is InChI=1S/2C16H16FN3/c1-12-2-4-13(5-3-12)15-11-20-9-6-14(18-8-7-17)10-16(20)19-15;1-12-3-2-4-13(9-12)15-11-20-8-5-14(18-7-6-17)10-16(20)19-15/h2-6,9-11,18H,7-8H2,1H3;2-5,8-11,18H,6-7H2,1H3. The Morgan fingerprint density at radius 3 is 1.70 bits per heavy atom. The van der Waals surface area contributed by atoms with Crippen LogP contribution in [0.25, 0.3) is 33.8 Å². The average molecular weight is 539 g/mol. The third-order valence-electron chi connectivity index (χ3n) is 6.43. The highest BCUT2D eigenvalue weighted by molar-refractivity contribution is 5.66. The Morgan fingerprint density at radius 2 is 1.18 bits per heavy atom. The minimum absolute atomic E-state index is 0.321. The van der Waals surface area contributed by atoms with Gasteiger partial charge in [-0.25, -0.2) is 18.7 Å². The molecule has 0 fully saturated rings. The SMILES string of the molecule is Cc1ccc(-c2cn3ccc(NCCF)cc3n2)cc1.Cc1cccc(-c2cn3ccc(NCCF)cc3n2)c1. The van der Waals surface area contributed by atoms with Gasteiger partial charge in [-0.05, 0) is 32.0 Å². The maximum Gasteiger partial charge on any atom is 0.139 e. The molecule has 0 spiro atoms. The third-order valence-corrected chi connectivity index (χ3v) is 6.43. The van der Waals surface area contributed by atoms with Crippen LogP contribution in [0.5, 0.6) is 0 Å². The van der Waals surface area contributed by atoms with E-state index in [0.29, 0.717) is 13.1 Å². The fourth-order valence-corrected chi connectivity index (χ4v) is 4.37. The summed E-state index contributed by atoms with van der Waals surface area (Å²) in [4.78, 5) is 9.23. The van der Waals surface area contributed by atoms with Gasteiger partial charge in [-0.15, -0.1) is 0 Å². The number of fused-ring (bicyclic) bond motifs is 2. The molecule has 6 aromatic rings. The van der Waals surface area contributed by atoms with E-state index in [2.05, 4.69) is 76.9 Å². The second kappa shape index (κ2) is 12.4. The fraction of sp³-hybridized carbons (Fsp3) is 0.188. The summed E-state index contributed by atoms with van der Waals surface area (Å²) < 4.78 is 28.3. The zero-order chi connectivity index (χ0) is 27.9. The van der Waals surface area contributed by atoms with Crippen molar-refractivity contribution in [3.05, 3.63) is 109 Å². The molecule has 40 heavy (non-hydrogen) atoms. The van der Waals surface area contributed by atoms with Crippen molar-refractivity contribution in [1.29, 1.82) is 0 Å². The van der Waals surface area contributed by atoms with Crippen molar-refractivity contribution < 1.29 is 8.78 Å². The maximum atomic E-state index is 12.2. The summed E-state index contributed by atoms with van der Waals surface area (Å²) in [7, 11) is 0. The number of halogens is 2. The molecule has 0 amide bonds. The van der Waals surface area contributed by atoms with Crippen LogP contribution in [-0.2, 0) is 0 Å². The Labute approximate surface area is 232 Å². The van der Waals surface area contributed by atoms with E-state index in [1.165, 1.54) is 11.1 Å². The molecule has 4 aromatic heterocycles. The highest BCUT2D eigenvalue weighted by Gasteiger charge is 2.06. The normalized spacial score (nSPS) is 10.9. The second-order valence-electron chi connectivity index (χ2n) is 9.58. The summed E-state index contributed by atoms with van der Waals surface area (Å²) in [6.07, 6.45) is 7.87. The number of hydrogen-bond donors (Lipinski definition) is 2. The van der Waals surface area contributed by atoms with Crippen LogP contribution in [0.1, 0.15) is 11.1 Å². The highest BCUT2D eigenvalue weighted by atomic mass is 19.1. The van der Waals surface area contributed by atoms with Crippen molar-refractivity contribution in [2.24, 2.45) is 0 Å². The number of alkyl halides is 2. The topological polar surface area (TPSA) is 58.7 Å². The van der Waals surface area contributed by atoms with E-state index in [4.69, 9.17) is 0 Å². The predicted molar refractivity (Wildman–Crippen MR) is 160 cm³/mol. The van der Waals surface area contributed by atoms with E-state index in [0.717, 1.165) is 45.2 Å². The van der Waals surface area contributed by atoms with Gasteiger partial charge >= 0.3 is 0 Å². The summed E-state index contributed by atoms with van der Waals surface area (Å²) in [5.74, 6) is 0. The Kier molecular flexibility index (Phi) is 8.35. The highest BCUT2D eigenvalue weighted by Crippen LogP contribution is 2.22. The third kappa shape index (κ3) is 6.46. The largest absolute Gasteiger partial charge is 0.382 e. The van der Waals surface area contributed by atoms with Gasteiger partial charge in [0.05, 0.1) is 11.4 Å². The number of benzene rings is 2. The van der Waals surface area contributed by atoms with Crippen molar-refractivity contribution >= 4 is 22.7 Å². The van der Waals surface area contributed by atoms with Gasteiger partial charge in [-0.1, -0.05) is 53.6 Å². The summed E-state index contributed by atoms with van der Waals surface area (Å²) >= 11 is 0. The first-order valence-electron chi connectivity index (χ1n) is 13.2. The average Bonchev–Trinajstić information content (AvgIpc) is 3.59. The van der Waals surface area contributed by atoms with E-state index < -0.39 is 0 Å². The van der Waals surface area contributed by atoms with E-state index in [1.807, 2.05) is 63.9 Å².